The van der Waals surface area contributed by atoms with Gasteiger partial charge >= 0.3 is 6.09 Å². The lowest BCUT2D eigenvalue weighted by Crippen LogP contribution is -2.54. The number of hydrogen-bond donors (Lipinski definition) is 1. The van der Waals surface area contributed by atoms with Gasteiger partial charge in [-0.25, -0.2) is 4.79 Å². The maximum atomic E-state index is 12.5. The van der Waals surface area contributed by atoms with Crippen LogP contribution < -0.4 is 5.73 Å². The first kappa shape index (κ1) is 14.2. The van der Waals surface area contributed by atoms with Crippen molar-refractivity contribution < 1.29 is 9.53 Å². The van der Waals surface area contributed by atoms with E-state index in [1.54, 1.807) is 0 Å². The van der Waals surface area contributed by atoms with Crippen molar-refractivity contribution in [3.05, 3.63) is 0 Å². The van der Waals surface area contributed by atoms with Gasteiger partial charge in [0.05, 0.1) is 0 Å². The summed E-state index contributed by atoms with van der Waals surface area (Å²) in [5.41, 5.74) is 5.59. The van der Waals surface area contributed by atoms with Gasteiger partial charge in [0, 0.05) is 12.1 Å². The van der Waals surface area contributed by atoms with Crippen LogP contribution in [0.5, 0.6) is 0 Å². The SMILES string of the molecule is CC(C)(C)OC(=O)N1C2CCC1C(C1CC1)C(CN)C2. The smallest absolute Gasteiger partial charge is 0.410 e. The Balaban J connectivity index is 1.77. The Bertz CT molecular complexity index is 386. The minimum Gasteiger partial charge on any atom is -0.444 e. The third kappa shape index (κ3) is 2.54. The van der Waals surface area contributed by atoms with Gasteiger partial charge in [-0.05, 0) is 77.2 Å². The van der Waals surface area contributed by atoms with Crippen LogP contribution in [0.4, 0.5) is 4.79 Å². The fourth-order valence-corrected chi connectivity index (χ4v) is 4.37. The molecule has 0 aromatic carbocycles. The predicted octanol–water partition coefficient (Wildman–Crippen LogP) is 2.76. The van der Waals surface area contributed by atoms with Crippen molar-refractivity contribution in [1.29, 1.82) is 0 Å². The monoisotopic (exact) mass is 280 g/mol. The zero-order chi connectivity index (χ0) is 14.5. The summed E-state index contributed by atoms with van der Waals surface area (Å²) in [6.45, 7) is 6.60. The average molecular weight is 280 g/mol. The van der Waals surface area contributed by atoms with Gasteiger partial charge in [-0.3, -0.25) is 0 Å². The number of hydrogen-bond acceptors (Lipinski definition) is 3. The van der Waals surface area contributed by atoms with Crippen LogP contribution in [-0.4, -0.2) is 35.2 Å². The summed E-state index contributed by atoms with van der Waals surface area (Å²) in [5.74, 6) is 2.03. The van der Waals surface area contributed by atoms with E-state index in [0.29, 0.717) is 23.9 Å². The van der Waals surface area contributed by atoms with Crippen LogP contribution >= 0.6 is 0 Å². The molecule has 4 atom stereocenters. The molecule has 4 heteroatoms. The van der Waals surface area contributed by atoms with Gasteiger partial charge < -0.3 is 15.4 Å². The number of rotatable bonds is 2. The number of carbonyl (C=O) groups excluding carboxylic acids is 1. The van der Waals surface area contributed by atoms with Gasteiger partial charge in [0.1, 0.15) is 5.60 Å². The number of nitrogens with zero attached hydrogens (tertiary/aromatic N) is 1. The maximum Gasteiger partial charge on any atom is 0.410 e. The van der Waals surface area contributed by atoms with E-state index in [1.807, 2.05) is 20.8 Å². The van der Waals surface area contributed by atoms with E-state index in [0.717, 1.165) is 31.7 Å². The fourth-order valence-electron chi connectivity index (χ4n) is 4.37. The van der Waals surface area contributed by atoms with E-state index < -0.39 is 5.60 Å². The Morgan fingerprint density at radius 2 is 1.95 bits per heavy atom. The van der Waals surface area contributed by atoms with Gasteiger partial charge in [-0.15, -0.1) is 0 Å². The molecular weight excluding hydrogens is 252 g/mol. The number of piperidine rings is 1. The Morgan fingerprint density at radius 3 is 2.50 bits per heavy atom. The van der Waals surface area contributed by atoms with E-state index in [9.17, 15) is 4.79 Å². The molecule has 20 heavy (non-hydrogen) atoms. The van der Waals surface area contributed by atoms with Crippen molar-refractivity contribution in [3.8, 4) is 0 Å². The van der Waals surface area contributed by atoms with E-state index in [2.05, 4.69) is 4.90 Å². The molecule has 114 valence electrons. The van der Waals surface area contributed by atoms with Crippen molar-refractivity contribution in [3.63, 3.8) is 0 Å². The second-order valence-electron chi connectivity index (χ2n) is 7.83. The molecule has 1 amide bonds. The van der Waals surface area contributed by atoms with Gasteiger partial charge in [-0.1, -0.05) is 0 Å². The molecule has 0 aromatic heterocycles. The van der Waals surface area contributed by atoms with Crippen LogP contribution in [0.25, 0.3) is 0 Å². The lowest BCUT2D eigenvalue weighted by atomic mass is 9.77. The number of amides is 1. The number of nitrogens with two attached hydrogens (primary N) is 1. The zero-order valence-electron chi connectivity index (χ0n) is 13.0. The minimum atomic E-state index is -0.406. The Labute approximate surface area is 122 Å². The predicted molar refractivity (Wildman–Crippen MR) is 78.3 cm³/mol. The summed E-state index contributed by atoms with van der Waals surface area (Å²) in [4.78, 5) is 14.6. The topological polar surface area (TPSA) is 55.6 Å². The molecule has 1 aliphatic carbocycles. The van der Waals surface area contributed by atoms with Gasteiger partial charge in [0.2, 0.25) is 0 Å². The molecule has 2 bridgehead atoms. The molecule has 3 aliphatic rings. The van der Waals surface area contributed by atoms with E-state index in [4.69, 9.17) is 10.5 Å². The highest BCUT2D eigenvalue weighted by molar-refractivity contribution is 5.69. The molecule has 0 radical (unpaired) electrons. The third-order valence-electron chi connectivity index (χ3n) is 5.18. The fraction of sp³-hybridized carbons (Fsp3) is 0.938. The maximum absolute atomic E-state index is 12.5. The summed E-state index contributed by atoms with van der Waals surface area (Å²) in [5, 5.41) is 0. The highest BCUT2D eigenvalue weighted by Crippen LogP contribution is 2.52. The van der Waals surface area contributed by atoms with Gasteiger partial charge in [0.15, 0.2) is 0 Å². The van der Waals surface area contributed by atoms with Crippen LogP contribution in [-0.2, 0) is 4.74 Å². The molecule has 0 aromatic rings. The quantitative estimate of drug-likeness (QED) is 0.846. The minimum absolute atomic E-state index is 0.105. The molecule has 0 spiro atoms. The van der Waals surface area contributed by atoms with Crippen molar-refractivity contribution in [1.82, 2.24) is 4.90 Å². The van der Waals surface area contributed by atoms with Crippen LogP contribution in [0.3, 0.4) is 0 Å². The highest BCUT2D eigenvalue weighted by atomic mass is 16.6. The lowest BCUT2D eigenvalue weighted by molar-refractivity contribution is -0.0152. The molecule has 4 unspecified atom stereocenters. The molecular formula is C16H28N2O2. The van der Waals surface area contributed by atoms with Crippen molar-refractivity contribution in [2.75, 3.05) is 6.54 Å². The second kappa shape index (κ2) is 4.90. The van der Waals surface area contributed by atoms with Crippen molar-refractivity contribution in [2.24, 2.45) is 23.5 Å². The molecule has 2 heterocycles. The highest BCUT2D eigenvalue weighted by Gasteiger charge is 2.53. The summed E-state index contributed by atoms with van der Waals surface area (Å²) >= 11 is 0. The third-order valence-corrected chi connectivity index (χ3v) is 5.18. The molecule has 3 rings (SSSR count). The van der Waals surface area contributed by atoms with Crippen LogP contribution in [0.1, 0.15) is 52.9 Å². The molecule has 2 saturated heterocycles. The largest absolute Gasteiger partial charge is 0.444 e. The van der Waals surface area contributed by atoms with E-state index in [-0.39, 0.29) is 6.09 Å². The molecule has 2 N–H and O–H groups in total. The van der Waals surface area contributed by atoms with Crippen molar-refractivity contribution >= 4 is 6.09 Å². The van der Waals surface area contributed by atoms with Crippen LogP contribution in [0, 0.1) is 17.8 Å². The summed E-state index contributed by atoms with van der Waals surface area (Å²) in [6.07, 6.45) is 5.89. The van der Waals surface area contributed by atoms with Crippen molar-refractivity contribution in [2.45, 2.75) is 70.6 Å². The van der Waals surface area contributed by atoms with Crippen LogP contribution in [0.2, 0.25) is 0 Å². The first-order valence-corrected chi connectivity index (χ1v) is 8.12. The van der Waals surface area contributed by atoms with Gasteiger partial charge in [-0.2, -0.15) is 0 Å². The Kier molecular flexibility index (Phi) is 3.47. The first-order chi connectivity index (χ1) is 9.40. The Hall–Kier alpha value is -0.770. The Morgan fingerprint density at radius 1 is 1.25 bits per heavy atom. The summed E-state index contributed by atoms with van der Waals surface area (Å²) in [7, 11) is 0. The lowest BCUT2D eigenvalue weighted by Gasteiger charge is -2.45. The molecule has 4 nitrogen and oxygen atoms in total. The second-order valence-corrected chi connectivity index (χ2v) is 7.83. The molecule has 3 fully saturated rings. The number of ether oxygens (including phenoxy) is 1. The number of fused-ring (bicyclic) bond motifs is 2. The summed E-state index contributed by atoms with van der Waals surface area (Å²) in [6, 6.07) is 0.739. The molecule has 2 aliphatic heterocycles. The standard InChI is InChI=1S/C16H28N2O2/c1-16(2,3)20-15(19)18-12-6-7-13(18)14(10-4-5-10)11(8-12)9-17/h10-14H,4-9,17H2,1-3H3. The zero-order valence-corrected chi connectivity index (χ0v) is 13.0. The molecule has 1 saturated carbocycles. The van der Waals surface area contributed by atoms with E-state index in [1.165, 1.54) is 12.8 Å². The normalized spacial score (nSPS) is 37.1. The van der Waals surface area contributed by atoms with E-state index >= 15 is 0 Å². The number of carbonyl (C=O) groups is 1. The first-order valence-electron chi connectivity index (χ1n) is 8.12. The summed E-state index contributed by atoms with van der Waals surface area (Å²) < 4.78 is 5.63. The van der Waals surface area contributed by atoms with Gasteiger partial charge in [0.25, 0.3) is 0 Å². The average Bonchev–Trinajstić information content (AvgIpc) is 3.10. The van der Waals surface area contributed by atoms with Crippen LogP contribution in [0.15, 0.2) is 0 Å².